The van der Waals surface area contributed by atoms with E-state index in [0.29, 0.717) is 0 Å². The molecule has 1 rings (SSSR count). The van der Waals surface area contributed by atoms with Crippen LogP contribution < -0.4 is 4.74 Å². The molecule has 0 unspecified atom stereocenters. The van der Waals surface area contributed by atoms with E-state index in [0.717, 1.165) is 17.0 Å². The molecule has 0 aliphatic carbocycles. The zero-order valence-electron chi connectivity index (χ0n) is 6.79. The van der Waals surface area contributed by atoms with Crippen molar-refractivity contribution in [1.82, 2.24) is 4.98 Å². The molecule has 0 amide bonds. The molecule has 0 bridgehead atoms. The molecular formula is C9H11NO. The van der Waals surface area contributed by atoms with Crippen molar-refractivity contribution in [2.45, 2.75) is 6.92 Å². The van der Waals surface area contributed by atoms with Crippen LogP contribution in [0.3, 0.4) is 0 Å². The maximum absolute atomic E-state index is 5.00. The lowest BCUT2D eigenvalue weighted by Crippen LogP contribution is -1.89. The third kappa shape index (κ3) is 1.58. The monoisotopic (exact) mass is 149 g/mol. The molecular weight excluding hydrogens is 138 g/mol. The number of hydrogen-bond acceptors (Lipinski definition) is 2. The molecule has 0 saturated heterocycles. The molecule has 0 aliphatic heterocycles. The highest BCUT2D eigenvalue weighted by Crippen LogP contribution is 2.14. The number of nitrogens with zero attached hydrogens (tertiary/aromatic N) is 1. The van der Waals surface area contributed by atoms with E-state index < -0.39 is 0 Å². The van der Waals surface area contributed by atoms with Crippen molar-refractivity contribution < 1.29 is 4.74 Å². The van der Waals surface area contributed by atoms with Crippen LogP contribution in [0, 0.1) is 6.92 Å². The van der Waals surface area contributed by atoms with E-state index >= 15 is 0 Å². The number of aryl methyl sites for hydroxylation is 1. The lowest BCUT2D eigenvalue weighted by molar-refractivity contribution is 0.412. The molecule has 2 heteroatoms. The first kappa shape index (κ1) is 7.79. The van der Waals surface area contributed by atoms with Crippen molar-refractivity contribution in [1.29, 1.82) is 0 Å². The van der Waals surface area contributed by atoms with Gasteiger partial charge in [-0.05, 0) is 18.6 Å². The fourth-order valence-corrected chi connectivity index (χ4v) is 0.848. The number of pyridine rings is 1. The highest BCUT2D eigenvalue weighted by Gasteiger charge is 1.96. The van der Waals surface area contributed by atoms with Crippen LogP contribution in [0.15, 0.2) is 18.8 Å². The Hall–Kier alpha value is -1.31. The zero-order valence-corrected chi connectivity index (χ0v) is 6.79. The highest BCUT2D eigenvalue weighted by molar-refractivity contribution is 5.51. The number of ether oxygens (including phenoxy) is 1. The first-order chi connectivity index (χ1) is 5.27. The summed E-state index contributed by atoms with van der Waals surface area (Å²) >= 11 is 0. The Morgan fingerprint density at radius 1 is 1.64 bits per heavy atom. The molecule has 0 aromatic carbocycles. The quantitative estimate of drug-likeness (QED) is 0.642. The van der Waals surface area contributed by atoms with Crippen LogP contribution >= 0.6 is 0 Å². The van der Waals surface area contributed by atoms with E-state index in [9.17, 15) is 0 Å². The molecule has 0 saturated carbocycles. The molecule has 0 N–H and O–H groups in total. The maximum atomic E-state index is 5.00. The smallest absolute Gasteiger partial charge is 0.137 e. The molecule has 0 radical (unpaired) electrons. The molecule has 1 aromatic heterocycles. The van der Waals surface area contributed by atoms with Gasteiger partial charge >= 0.3 is 0 Å². The molecule has 1 aromatic rings. The van der Waals surface area contributed by atoms with Gasteiger partial charge in [0.15, 0.2) is 0 Å². The van der Waals surface area contributed by atoms with Crippen LogP contribution in [0.2, 0.25) is 0 Å². The lowest BCUT2D eigenvalue weighted by Gasteiger charge is -2.02. The van der Waals surface area contributed by atoms with Gasteiger partial charge in [0.25, 0.3) is 0 Å². The van der Waals surface area contributed by atoms with Crippen LogP contribution in [0.25, 0.3) is 6.08 Å². The molecule has 0 aliphatic rings. The maximum Gasteiger partial charge on any atom is 0.137 e. The van der Waals surface area contributed by atoms with Crippen LogP contribution in [0.4, 0.5) is 0 Å². The largest absolute Gasteiger partial charge is 0.495 e. The summed E-state index contributed by atoms with van der Waals surface area (Å²) in [5, 5.41) is 0. The van der Waals surface area contributed by atoms with Gasteiger partial charge in [-0.15, -0.1) is 0 Å². The summed E-state index contributed by atoms with van der Waals surface area (Å²) in [4.78, 5) is 4.12. The normalized spacial score (nSPS) is 9.27. The molecule has 0 spiro atoms. The Balaban J connectivity index is 3.12. The SMILES string of the molecule is C=Cc1cc(OC)cnc1C. The molecule has 11 heavy (non-hydrogen) atoms. The van der Waals surface area contributed by atoms with Crippen LogP contribution in [-0.2, 0) is 0 Å². The van der Waals surface area contributed by atoms with E-state index in [2.05, 4.69) is 11.6 Å². The van der Waals surface area contributed by atoms with Gasteiger partial charge in [0.2, 0.25) is 0 Å². The van der Waals surface area contributed by atoms with Crippen molar-refractivity contribution >= 4 is 6.08 Å². The predicted octanol–water partition coefficient (Wildman–Crippen LogP) is 2.04. The second-order valence-electron chi connectivity index (χ2n) is 2.25. The first-order valence-corrected chi connectivity index (χ1v) is 3.41. The van der Waals surface area contributed by atoms with Crippen molar-refractivity contribution in [3.63, 3.8) is 0 Å². The van der Waals surface area contributed by atoms with Crippen LogP contribution in [0.1, 0.15) is 11.3 Å². The average Bonchev–Trinajstić information content (AvgIpc) is 2.05. The number of rotatable bonds is 2. The lowest BCUT2D eigenvalue weighted by atomic mass is 10.2. The summed E-state index contributed by atoms with van der Waals surface area (Å²) in [6.45, 7) is 5.61. The van der Waals surface area contributed by atoms with E-state index in [1.54, 1.807) is 19.4 Å². The van der Waals surface area contributed by atoms with Gasteiger partial charge in [-0.25, -0.2) is 0 Å². The molecule has 58 valence electrons. The Morgan fingerprint density at radius 2 is 2.36 bits per heavy atom. The van der Waals surface area contributed by atoms with E-state index in [1.807, 2.05) is 13.0 Å². The summed E-state index contributed by atoms with van der Waals surface area (Å²) in [6, 6.07) is 1.91. The topological polar surface area (TPSA) is 22.1 Å². The Morgan fingerprint density at radius 3 is 2.91 bits per heavy atom. The molecule has 0 atom stereocenters. The van der Waals surface area contributed by atoms with Gasteiger partial charge in [0, 0.05) is 5.69 Å². The van der Waals surface area contributed by atoms with Gasteiger partial charge in [0.05, 0.1) is 13.3 Å². The zero-order chi connectivity index (χ0) is 8.27. The highest BCUT2D eigenvalue weighted by atomic mass is 16.5. The van der Waals surface area contributed by atoms with Gasteiger partial charge < -0.3 is 4.74 Å². The predicted molar refractivity (Wildman–Crippen MR) is 45.6 cm³/mol. The van der Waals surface area contributed by atoms with Gasteiger partial charge in [-0.2, -0.15) is 0 Å². The number of methoxy groups -OCH3 is 1. The van der Waals surface area contributed by atoms with Crippen molar-refractivity contribution in [3.8, 4) is 5.75 Å². The van der Waals surface area contributed by atoms with Crippen LogP contribution in [0.5, 0.6) is 5.75 Å². The van der Waals surface area contributed by atoms with Crippen molar-refractivity contribution in [2.24, 2.45) is 0 Å². The van der Waals surface area contributed by atoms with Gasteiger partial charge in [-0.3, -0.25) is 4.98 Å². The first-order valence-electron chi connectivity index (χ1n) is 3.41. The Bertz CT molecular complexity index is 268. The summed E-state index contributed by atoms with van der Waals surface area (Å²) in [5.41, 5.74) is 1.99. The summed E-state index contributed by atoms with van der Waals surface area (Å²) in [6.07, 6.45) is 3.47. The van der Waals surface area contributed by atoms with E-state index in [-0.39, 0.29) is 0 Å². The van der Waals surface area contributed by atoms with E-state index in [1.165, 1.54) is 0 Å². The van der Waals surface area contributed by atoms with Crippen molar-refractivity contribution in [3.05, 3.63) is 30.1 Å². The standard InChI is InChI=1S/C9H11NO/c1-4-8-5-9(11-3)6-10-7(8)2/h4-6H,1H2,2-3H3. The minimum Gasteiger partial charge on any atom is -0.495 e. The molecule has 2 nitrogen and oxygen atoms in total. The summed E-state index contributed by atoms with van der Waals surface area (Å²) in [5.74, 6) is 0.769. The second-order valence-corrected chi connectivity index (χ2v) is 2.25. The minimum absolute atomic E-state index is 0.769. The number of hydrogen-bond donors (Lipinski definition) is 0. The Labute approximate surface area is 66.5 Å². The minimum atomic E-state index is 0.769. The second kappa shape index (κ2) is 3.19. The fraction of sp³-hybridized carbons (Fsp3) is 0.222. The third-order valence-corrected chi connectivity index (χ3v) is 1.56. The third-order valence-electron chi connectivity index (χ3n) is 1.56. The summed E-state index contributed by atoms with van der Waals surface area (Å²) < 4.78 is 5.00. The number of aromatic nitrogens is 1. The van der Waals surface area contributed by atoms with Gasteiger partial charge in [-0.1, -0.05) is 12.7 Å². The van der Waals surface area contributed by atoms with Crippen molar-refractivity contribution in [2.75, 3.05) is 7.11 Å². The van der Waals surface area contributed by atoms with E-state index in [4.69, 9.17) is 4.74 Å². The average molecular weight is 149 g/mol. The Kier molecular flexibility index (Phi) is 2.26. The summed E-state index contributed by atoms with van der Waals surface area (Å²) in [7, 11) is 1.62. The fourth-order valence-electron chi connectivity index (χ4n) is 0.848. The van der Waals surface area contributed by atoms with Crippen LogP contribution in [-0.4, -0.2) is 12.1 Å². The molecule has 0 fully saturated rings. The molecule has 1 heterocycles. The van der Waals surface area contributed by atoms with Gasteiger partial charge in [0.1, 0.15) is 5.75 Å².